The molecule has 18 heavy (non-hydrogen) atoms. The van der Waals surface area contributed by atoms with E-state index in [0.29, 0.717) is 25.9 Å². The van der Waals surface area contributed by atoms with Crippen LogP contribution in [0.1, 0.15) is 33.1 Å². The van der Waals surface area contributed by atoms with Crippen molar-refractivity contribution in [1.29, 1.82) is 0 Å². The van der Waals surface area contributed by atoms with Gasteiger partial charge in [-0.25, -0.2) is 4.79 Å². The molecular weight excluding hydrogens is 238 g/mol. The van der Waals surface area contributed by atoms with E-state index in [-0.39, 0.29) is 24.4 Å². The maximum absolute atomic E-state index is 11.3. The molecule has 0 heterocycles. The number of rotatable bonds is 8. The summed E-state index contributed by atoms with van der Waals surface area (Å²) in [5.41, 5.74) is 0. The molecule has 0 bridgehead atoms. The number of nitrogens with one attached hydrogen (secondary N) is 3. The van der Waals surface area contributed by atoms with Crippen molar-refractivity contribution in [2.75, 3.05) is 13.1 Å². The first-order valence-electron chi connectivity index (χ1n) is 5.92. The van der Waals surface area contributed by atoms with E-state index in [1.165, 1.54) is 6.92 Å². The van der Waals surface area contributed by atoms with Crippen molar-refractivity contribution >= 4 is 17.9 Å². The van der Waals surface area contributed by atoms with E-state index in [4.69, 9.17) is 5.11 Å². The van der Waals surface area contributed by atoms with E-state index in [1.54, 1.807) is 0 Å². The van der Waals surface area contributed by atoms with E-state index in [1.807, 2.05) is 6.92 Å². The van der Waals surface area contributed by atoms with Gasteiger partial charge in [0.1, 0.15) is 0 Å². The lowest BCUT2D eigenvalue weighted by Gasteiger charge is -2.14. The largest absolute Gasteiger partial charge is 0.481 e. The summed E-state index contributed by atoms with van der Waals surface area (Å²) in [7, 11) is 0. The molecule has 7 heteroatoms. The van der Waals surface area contributed by atoms with Crippen LogP contribution < -0.4 is 16.0 Å². The van der Waals surface area contributed by atoms with E-state index in [2.05, 4.69) is 16.0 Å². The van der Waals surface area contributed by atoms with Gasteiger partial charge in [-0.15, -0.1) is 0 Å². The Labute approximate surface area is 106 Å². The van der Waals surface area contributed by atoms with Crippen molar-refractivity contribution < 1.29 is 19.5 Å². The van der Waals surface area contributed by atoms with Crippen molar-refractivity contribution in [3.63, 3.8) is 0 Å². The molecule has 0 aromatic carbocycles. The summed E-state index contributed by atoms with van der Waals surface area (Å²) in [6.07, 6.45) is 1.25. The zero-order valence-corrected chi connectivity index (χ0v) is 10.8. The molecule has 1 unspecified atom stereocenters. The number of hydrogen-bond acceptors (Lipinski definition) is 3. The van der Waals surface area contributed by atoms with Gasteiger partial charge in [-0.1, -0.05) is 0 Å². The second-order valence-electron chi connectivity index (χ2n) is 4.07. The molecule has 0 fully saturated rings. The number of amides is 3. The second kappa shape index (κ2) is 9.26. The highest BCUT2D eigenvalue weighted by Crippen LogP contribution is 1.99. The van der Waals surface area contributed by atoms with E-state index in [0.717, 1.165) is 0 Å². The molecular formula is C11H21N3O4. The number of hydrogen-bond donors (Lipinski definition) is 4. The minimum absolute atomic E-state index is 0.0786. The average molecular weight is 259 g/mol. The maximum atomic E-state index is 11.3. The fourth-order valence-corrected chi connectivity index (χ4v) is 1.32. The maximum Gasteiger partial charge on any atom is 0.315 e. The number of carbonyl (C=O) groups is 3. The first kappa shape index (κ1) is 16.2. The van der Waals surface area contributed by atoms with Gasteiger partial charge >= 0.3 is 12.0 Å². The smallest absolute Gasteiger partial charge is 0.315 e. The van der Waals surface area contributed by atoms with Crippen LogP contribution in [-0.2, 0) is 9.59 Å². The molecule has 0 aliphatic rings. The Morgan fingerprint density at radius 2 is 1.78 bits per heavy atom. The van der Waals surface area contributed by atoms with Gasteiger partial charge in [-0.2, -0.15) is 0 Å². The molecule has 3 amide bonds. The molecule has 0 spiro atoms. The molecule has 4 N–H and O–H groups in total. The molecule has 0 aliphatic carbocycles. The van der Waals surface area contributed by atoms with Crippen LogP contribution in [0.3, 0.4) is 0 Å². The quantitative estimate of drug-likeness (QED) is 0.462. The van der Waals surface area contributed by atoms with Crippen molar-refractivity contribution in [3.05, 3.63) is 0 Å². The number of carboxylic acids is 1. The third-order valence-electron chi connectivity index (χ3n) is 2.19. The normalized spacial score (nSPS) is 11.4. The Morgan fingerprint density at radius 3 is 2.33 bits per heavy atom. The van der Waals surface area contributed by atoms with Crippen LogP contribution in [0.25, 0.3) is 0 Å². The summed E-state index contributed by atoms with van der Waals surface area (Å²) in [5, 5.41) is 16.3. The molecule has 104 valence electrons. The Bertz CT molecular complexity index is 294. The van der Waals surface area contributed by atoms with Crippen LogP contribution in [-0.4, -0.2) is 42.1 Å². The monoisotopic (exact) mass is 259 g/mol. The lowest BCUT2D eigenvalue weighted by atomic mass is 10.1. The minimum atomic E-state index is -0.832. The highest BCUT2D eigenvalue weighted by Gasteiger charge is 2.07. The Balaban J connectivity index is 3.54. The molecule has 0 radical (unpaired) electrons. The Hall–Kier alpha value is -1.79. The number of carboxylic acid groups (broad SMARTS) is 1. The van der Waals surface area contributed by atoms with Crippen LogP contribution >= 0.6 is 0 Å². The lowest BCUT2D eigenvalue weighted by molar-refractivity contribution is -0.137. The fraction of sp³-hybridized carbons (Fsp3) is 0.727. The zero-order chi connectivity index (χ0) is 14.0. The summed E-state index contributed by atoms with van der Waals surface area (Å²) in [4.78, 5) is 32.2. The number of carbonyl (C=O) groups excluding carboxylic acids is 2. The van der Waals surface area contributed by atoms with E-state index >= 15 is 0 Å². The van der Waals surface area contributed by atoms with Gasteiger partial charge in [0.25, 0.3) is 0 Å². The van der Waals surface area contributed by atoms with Gasteiger partial charge in [-0.3, -0.25) is 9.59 Å². The van der Waals surface area contributed by atoms with Gasteiger partial charge in [0, 0.05) is 32.5 Å². The molecule has 0 aromatic rings. The minimum Gasteiger partial charge on any atom is -0.481 e. The SMILES string of the molecule is CC(=O)NCCNC(=O)NC(C)CCCC(=O)O. The summed E-state index contributed by atoms with van der Waals surface area (Å²) < 4.78 is 0. The average Bonchev–Trinajstić information content (AvgIpc) is 2.23. The molecule has 0 saturated carbocycles. The first-order chi connectivity index (χ1) is 8.41. The van der Waals surface area contributed by atoms with Gasteiger partial charge in [0.15, 0.2) is 0 Å². The summed E-state index contributed by atoms with van der Waals surface area (Å²) in [6.45, 7) is 3.96. The van der Waals surface area contributed by atoms with Gasteiger partial charge < -0.3 is 21.1 Å². The van der Waals surface area contributed by atoms with Crippen LogP contribution in [0.5, 0.6) is 0 Å². The van der Waals surface area contributed by atoms with Crippen LogP contribution in [0.15, 0.2) is 0 Å². The van der Waals surface area contributed by atoms with Crippen LogP contribution in [0.2, 0.25) is 0 Å². The second-order valence-corrected chi connectivity index (χ2v) is 4.07. The van der Waals surface area contributed by atoms with E-state index < -0.39 is 5.97 Å². The van der Waals surface area contributed by atoms with Gasteiger partial charge in [-0.05, 0) is 19.8 Å². The molecule has 7 nitrogen and oxygen atoms in total. The predicted octanol–water partition coefficient (Wildman–Crippen LogP) is 0.0651. The fourth-order valence-electron chi connectivity index (χ4n) is 1.32. The van der Waals surface area contributed by atoms with Crippen LogP contribution in [0, 0.1) is 0 Å². The lowest BCUT2D eigenvalue weighted by Crippen LogP contribution is -2.43. The molecule has 0 rings (SSSR count). The first-order valence-corrected chi connectivity index (χ1v) is 5.92. The van der Waals surface area contributed by atoms with Crippen molar-refractivity contribution in [1.82, 2.24) is 16.0 Å². The number of aliphatic carboxylic acids is 1. The van der Waals surface area contributed by atoms with Crippen molar-refractivity contribution in [3.8, 4) is 0 Å². The van der Waals surface area contributed by atoms with E-state index in [9.17, 15) is 14.4 Å². The van der Waals surface area contributed by atoms with Crippen molar-refractivity contribution in [2.45, 2.75) is 39.2 Å². The summed E-state index contributed by atoms with van der Waals surface area (Å²) in [6, 6.07) is -0.395. The van der Waals surface area contributed by atoms with Gasteiger partial charge in [0.05, 0.1) is 0 Å². The molecule has 0 aliphatic heterocycles. The standard InChI is InChI=1S/C11H21N3O4/c1-8(4-3-5-10(16)17)14-11(18)13-7-6-12-9(2)15/h8H,3-7H2,1-2H3,(H,12,15)(H,16,17)(H2,13,14,18). The van der Waals surface area contributed by atoms with Gasteiger partial charge in [0.2, 0.25) is 5.91 Å². The Morgan fingerprint density at radius 1 is 1.17 bits per heavy atom. The van der Waals surface area contributed by atoms with Crippen molar-refractivity contribution in [2.24, 2.45) is 0 Å². The predicted molar refractivity (Wildman–Crippen MR) is 66.2 cm³/mol. The topological polar surface area (TPSA) is 108 Å². The molecule has 1 atom stereocenters. The molecule has 0 saturated heterocycles. The Kier molecular flexibility index (Phi) is 8.34. The highest BCUT2D eigenvalue weighted by molar-refractivity contribution is 5.74. The highest BCUT2D eigenvalue weighted by atomic mass is 16.4. The third kappa shape index (κ3) is 10.7. The third-order valence-corrected chi connectivity index (χ3v) is 2.19. The number of urea groups is 1. The zero-order valence-electron chi connectivity index (χ0n) is 10.8. The van der Waals surface area contributed by atoms with Crippen LogP contribution in [0.4, 0.5) is 4.79 Å². The summed E-state index contributed by atoms with van der Waals surface area (Å²) >= 11 is 0. The summed E-state index contributed by atoms with van der Waals surface area (Å²) in [5.74, 6) is -0.971. The molecule has 0 aromatic heterocycles.